The monoisotopic (exact) mass is 543 g/mol. The SMILES string of the molecule is C[C@H]1[C@H](F)C[C@@H](C(=O)NCc2cc(OCCOC(F)(F)F)c(F)cn2)N1S(=O)(=O)c1ccc(F)cc1.[HH]. The average molecular weight is 543 g/mol. The molecule has 1 aliphatic rings. The zero-order valence-electron chi connectivity index (χ0n) is 18.6. The number of ether oxygens (including phenoxy) is 2. The molecule has 1 aliphatic heterocycles. The molecule has 0 bridgehead atoms. The first kappa shape index (κ1) is 27.7. The number of benzene rings is 1. The molecule has 0 spiro atoms. The molecule has 2 aromatic rings. The van der Waals surface area contributed by atoms with E-state index in [4.69, 9.17) is 4.74 Å². The highest BCUT2D eigenvalue weighted by molar-refractivity contribution is 7.89. The summed E-state index contributed by atoms with van der Waals surface area (Å²) in [5.41, 5.74) is 0.0345. The number of halogens is 6. The van der Waals surface area contributed by atoms with Crippen LogP contribution < -0.4 is 10.1 Å². The van der Waals surface area contributed by atoms with Crippen LogP contribution in [0.5, 0.6) is 5.75 Å². The van der Waals surface area contributed by atoms with E-state index in [1.54, 1.807) is 0 Å². The second-order valence-electron chi connectivity index (χ2n) is 7.76. The van der Waals surface area contributed by atoms with Gasteiger partial charge in [-0.3, -0.25) is 14.5 Å². The summed E-state index contributed by atoms with van der Waals surface area (Å²) in [6.45, 7) is -0.562. The first-order valence-corrected chi connectivity index (χ1v) is 11.9. The molecule has 1 amide bonds. The predicted molar refractivity (Wildman–Crippen MR) is 114 cm³/mol. The maximum absolute atomic E-state index is 14.5. The number of nitrogens with one attached hydrogen (secondary N) is 1. The topological polar surface area (TPSA) is 97.8 Å². The van der Waals surface area contributed by atoms with Gasteiger partial charge < -0.3 is 10.1 Å². The molecule has 1 aromatic heterocycles. The molecule has 3 atom stereocenters. The van der Waals surface area contributed by atoms with E-state index < -0.39 is 77.6 Å². The Balaban J connectivity index is 0.00000481. The number of sulfonamides is 1. The number of aromatic nitrogens is 1. The van der Waals surface area contributed by atoms with Gasteiger partial charge >= 0.3 is 6.36 Å². The molecule has 0 aliphatic carbocycles. The van der Waals surface area contributed by atoms with E-state index >= 15 is 0 Å². The summed E-state index contributed by atoms with van der Waals surface area (Å²) in [4.78, 5) is 16.2. The van der Waals surface area contributed by atoms with Gasteiger partial charge in [0.25, 0.3) is 0 Å². The minimum atomic E-state index is -4.87. The number of amides is 1. The van der Waals surface area contributed by atoms with Gasteiger partial charge in [0.2, 0.25) is 15.9 Å². The van der Waals surface area contributed by atoms with E-state index in [1.165, 1.54) is 6.92 Å². The Labute approximate surface area is 203 Å². The molecule has 3 rings (SSSR count). The third kappa shape index (κ3) is 6.64. The van der Waals surface area contributed by atoms with Crippen LogP contribution in [0.3, 0.4) is 0 Å². The van der Waals surface area contributed by atoms with E-state index in [2.05, 4.69) is 15.0 Å². The lowest BCUT2D eigenvalue weighted by molar-refractivity contribution is -0.325. The molecule has 0 unspecified atom stereocenters. The highest BCUT2D eigenvalue weighted by Crippen LogP contribution is 2.33. The van der Waals surface area contributed by atoms with Gasteiger partial charge in [0, 0.05) is 13.9 Å². The molecule has 0 saturated carbocycles. The summed E-state index contributed by atoms with van der Waals surface area (Å²) in [7, 11) is -4.36. The normalized spacial score (nSPS) is 20.9. The molecular formula is C21H23F6N3O5S. The second-order valence-corrected chi connectivity index (χ2v) is 9.61. The quantitative estimate of drug-likeness (QED) is 0.385. The summed E-state index contributed by atoms with van der Waals surface area (Å²) in [6.07, 6.45) is -6.23. The Morgan fingerprint density at radius 1 is 1.22 bits per heavy atom. The molecule has 1 aromatic carbocycles. The van der Waals surface area contributed by atoms with Crippen molar-refractivity contribution in [3.05, 3.63) is 53.9 Å². The van der Waals surface area contributed by atoms with E-state index in [0.717, 1.165) is 36.5 Å². The smallest absolute Gasteiger partial charge is 0.488 e. The van der Waals surface area contributed by atoms with Gasteiger partial charge in [-0.15, -0.1) is 13.2 Å². The van der Waals surface area contributed by atoms with E-state index in [-0.39, 0.29) is 18.6 Å². The van der Waals surface area contributed by atoms with Crippen molar-refractivity contribution in [3.8, 4) is 5.75 Å². The fourth-order valence-corrected chi connectivity index (χ4v) is 5.38. The third-order valence-electron chi connectivity index (χ3n) is 5.30. The summed E-state index contributed by atoms with van der Waals surface area (Å²) in [6, 6.07) is 2.27. The van der Waals surface area contributed by atoms with E-state index in [0.29, 0.717) is 4.31 Å². The minimum Gasteiger partial charge on any atom is -0.488 e. The summed E-state index contributed by atoms with van der Waals surface area (Å²) in [5.74, 6) is -2.96. The van der Waals surface area contributed by atoms with Crippen molar-refractivity contribution >= 4 is 15.9 Å². The number of rotatable bonds is 9. The van der Waals surface area contributed by atoms with Crippen LogP contribution >= 0.6 is 0 Å². The van der Waals surface area contributed by atoms with Gasteiger partial charge in [-0.25, -0.2) is 21.6 Å². The number of hydrogen-bond donors (Lipinski definition) is 1. The van der Waals surface area contributed by atoms with Crippen molar-refractivity contribution in [2.45, 2.75) is 49.4 Å². The van der Waals surface area contributed by atoms with Crippen molar-refractivity contribution in [2.24, 2.45) is 0 Å². The van der Waals surface area contributed by atoms with Crippen LogP contribution in [-0.4, -0.2) is 61.4 Å². The number of pyridine rings is 1. The van der Waals surface area contributed by atoms with Gasteiger partial charge in [-0.05, 0) is 31.2 Å². The Kier molecular flexibility index (Phi) is 8.46. The molecule has 1 saturated heterocycles. The fourth-order valence-electron chi connectivity index (χ4n) is 3.57. The summed E-state index contributed by atoms with van der Waals surface area (Å²) in [5, 5.41) is 2.39. The minimum absolute atomic E-state index is 0. The number of alkyl halides is 4. The first-order valence-electron chi connectivity index (χ1n) is 10.5. The maximum Gasteiger partial charge on any atom is 0.522 e. The van der Waals surface area contributed by atoms with Gasteiger partial charge in [-0.1, -0.05) is 0 Å². The van der Waals surface area contributed by atoms with E-state index in [9.17, 15) is 39.6 Å². The standard InChI is InChI=1S/C21H21F6N3O5S.H2/c1-12-16(23)9-18(30(12)36(32,33)15-4-2-13(22)3-5-15)20(31)29-10-14-8-19(17(24)11-28-14)34-6-7-35-21(25,26)27;/h2-5,8,11-12,16,18H,6-7,9-10H2,1H3,(H,29,31);1H/t12-,16+,18-;/m0./s1. The van der Waals surface area contributed by atoms with Crippen LogP contribution in [0.15, 0.2) is 41.4 Å². The largest absolute Gasteiger partial charge is 0.522 e. The third-order valence-corrected chi connectivity index (χ3v) is 7.31. The lowest BCUT2D eigenvalue weighted by Gasteiger charge is -2.26. The Morgan fingerprint density at radius 3 is 2.53 bits per heavy atom. The average Bonchev–Trinajstić information content (AvgIpc) is 3.11. The van der Waals surface area contributed by atoms with Crippen molar-refractivity contribution < 1.29 is 50.5 Å². The lowest BCUT2D eigenvalue weighted by Crippen LogP contribution is -2.48. The van der Waals surface area contributed by atoms with Crippen molar-refractivity contribution in [2.75, 3.05) is 13.2 Å². The second kappa shape index (κ2) is 11.0. The van der Waals surface area contributed by atoms with Crippen LogP contribution in [0.4, 0.5) is 26.3 Å². The van der Waals surface area contributed by atoms with Crippen LogP contribution in [-0.2, 0) is 26.1 Å². The highest BCUT2D eigenvalue weighted by Gasteiger charge is 2.49. The van der Waals surface area contributed by atoms with Gasteiger partial charge in [0.1, 0.15) is 24.6 Å². The number of hydrogen-bond acceptors (Lipinski definition) is 6. The maximum atomic E-state index is 14.5. The zero-order chi connectivity index (χ0) is 26.7. The van der Waals surface area contributed by atoms with Crippen LogP contribution in [0, 0.1) is 11.6 Å². The Hall–Kier alpha value is -2.91. The van der Waals surface area contributed by atoms with Crippen molar-refractivity contribution in [1.29, 1.82) is 0 Å². The Morgan fingerprint density at radius 2 is 1.89 bits per heavy atom. The van der Waals surface area contributed by atoms with Gasteiger partial charge in [0.15, 0.2) is 11.6 Å². The van der Waals surface area contributed by atoms with Crippen LogP contribution in [0.1, 0.15) is 20.5 Å². The lowest BCUT2D eigenvalue weighted by atomic mass is 10.1. The Bertz CT molecular complexity index is 1190. The molecule has 2 heterocycles. The van der Waals surface area contributed by atoms with E-state index in [1.807, 2.05) is 0 Å². The number of carbonyl (C=O) groups is 1. The molecule has 0 radical (unpaired) electrons. The van der Waals surface area contributed by atoms with Gasteiger partial charge in [-0.2, -0.15) is 4.31 Å². The highest BCUT2D eigenvalue weighted by atomic mass is 32.2. The fraction of sp³-hybridized carbons (Fsp3) is 0.429. The molecule has 15 heteroatoms. The van der Waals surface area contributed by atoms with Crippen LogP contribution in [0.25, 0.3) is 0 Å². The molecule has 36 heavy (non-hydrogen) atoms. The zero-order valence-corrected chi connectivity index (χ0v) is 19.5. The molecule has 1 fully saturated rings. The summed E-state index contributed by atoms with van der Waals surface area (Å²) < 4.78 is 113. The molecule has 1 N–H and O–H groups in total. The first-order chi connectivity index (χ1) is 16.8. The molecular weight excluding hydrogens is 520 g/mol. The van der Waals surface area contributed by atoms with Gasteiger partial charge in [0.05, 0.1) is 36.0 Å². The number of nitrogens with zero attached hydrogens (tertiary/aromatic N) is 2. The molecule has 200 valence electrons. The summed E-state index contributed by atoms with van der Waals surface area (Å²) >= 11 is 0. The molecule has 8 nitrogen and oxygen atoms in total. The van der Waals surface area contributed by atoms with Crippen molar-refractivity contribution in [3.63, 3.8) is 0 Å². The van der Waals surface area contributed by atoms with Crippen molar-refractivity contribution in [1.82, 2.24) is 14.6 Å². The number of carbonyl (C=O) groups excluding carboxylic acids is 1. The predicted octanol–water partition coefficient (Wildman–Crippen LogP) is 3.33. The van der Waals surface area contributed by atoms with Crippen LogP contribution in [0.2, 0.25) is 0 Å².